The molecule has 0 bridgehead atoms. The molecule has 0 atom stereocenters. The van der Waals surface area contributed by atoms with Crippen LogP contribution >= 0.6 is 0 Å². The van der Waals surface area contributed by atoms with Crippen molar-refractivity contribution in [3.8, 4) is 0 Å². The zero-order chi connectivity index (χ0) is 14.4. The van der Waals surface area contributed by atoms with Gasteiger partial charge in [0.15, 0.2) is 0 Å². The number of halogens is 1. The molecule has 1 aromatic carbocycles. The van der Waals surface area contributed by atoms with Gasteiger partial charge in [-0.3, -0.25) is 4.79 Å². The van der Waals surface area contributed by atoms with Crippen molar-refractivity contribution >= 4 is 5.91 Å². The van der Waals surface area contributed by atoms with E-state index in [0.717, 1.165) is 12.8 Å². The quantitative estimate of drug-likeness (QED) is 0.869. The molecular formula is C16H23FN2O. The second-order valence-electron chi connectivity index (χ2n) is 5.85. The van der Waals surface area contributed by atoms with Crippen molar-refractivity contribution in [2.45, 2.75) is 38.5 Å². The van der Waals surface area contributed by atoms with Gasteiger partial charge in [0.25, 0.3) is 0 Å². The van der Waals surface area contributed by atoms with Crippen LogP contribution in [-0.2, 0) is 11.2 Å². The molecule has 3 N–H and O–H groups in total. The van der Waals surface area contributed by atoms with Crippen molar-refractivity contribution in [2.75, 3.05) is 13.1 Å². The van der Waals surface area contributed by atoms with Crippen molar-refractivity contribution in [2.24, 2.45) is 11.1 Å². The number of amides is 1. The minimum atomic E-state index is -0.305. The maximum Gasteiger partial charge on any atom is 0.224 e. The van der Waals surface area contributed by atoms with Crippen LogP contribution in [0.4, 0.5) is 4.39 Å². The van der Waals surface area contributed by atoms with Crippen LogP contribution in [0.5, 0.6) is 0 Å². The normalized spacial score (nSPS) is 17.7. The maximum absolute atomic E-state index is 13.1. The monoisotopic (exact) mass is 278 g/mol. The number of nitrogens with two attached hydrogens (primary N) is 1. The predicted octanol–water partition coefficient (Wildman–Crippen LogP) is 2.39. The number of carbonyl (C=O) groups is 1. The summed E-state index contributed by atoms with van der Waals surface area (Å²) in [4.78, 5) is 12.0. The molecule has 0 saturated heterocycles. The first-order valence-electron chi connectivity index (χ1n) is 7.35. The highest BCUT2D eigenvalue weighted by Crippen LogP contribution is 2.34. The molecule has 0 aromatic heterocycles. The SMILES string of the molecule is NCC1(CNC(=O)Cc2cccc(F)c2)CCCCC1. The maximum atomic E-state index is 13.1. The highest BCUT2D eigenvalue weighted by atomic mass is 19.1. The van der Waals surface area contributed by atoms with Crippen molar-refractivity contribution in [1.29, 1.82) is 0 Å². The van der Waals surface area contributed by atoms with Gasteiger partial charge in [-0.2, -0.15) is 0 Å². The van der Waals surface area contributed by atoms with Crippen molar-refractivity contribution in [1.82, 2.24) is 5.32 Å². The van der Waals surface area contributed by atoms with Crippen LogP contribution in [-0.4, -0.2) is 19.0 Å². The van der Waals surface area contributed by atoms with Crippen LogP contribution in [0.15, 0.2) is 24.3 Å². The molecule has 110 valence electrons. The molecule has 1 saturated carbocycles. The molecule has 0 unspecified atom stereocenters. The number of rotatable bonds is 5. The van der Waals surface area contributed by atoms with Crippen LogP contribution in [0, 0.1) is 11.2 Å². The summed E-state index contributed by atoms with van der Waals surface area (Å²) in [6, 6.07) is 6.17. The molecule has 4 heteroatoms. The topological polar surface area (TPSA) is 55.1 Å². The van der Waals surface area contributed by atoms with E-state index in [9.17, 15) is 9.18 Å². The lowest BCUT2D eigenvalue weighted by molar-refractivity contribution is -0.121. The van der Waals surface area contributed by atoms with E-state index in [1.165, 1.54) is 31.4 Å². The Morgan fingerprint density at radius 3 is 2.70 bits per heavy atom. The van der Waals surface area contributed by atoms with Gasteiger partial charge < -0.3 is 11.1 Å². The van der Waals surface area contributed by atoms with Gasteiger partial charge in [-0.05, 0) is 42.5 Å². The first kappa shape index (κ1) is 15.0. The summed E-state index contributed by atoms with van der Waals surface area (Å²) in [5.74, 6) is -0.366. The zero-order valence-corrected chi connectivity index (χ0v) is 11.8. The Balaban J connectivity index is 1.85. The molecule has 0 aliphatic heterocycles. The summed E-state index contributed by atoms with van der Waals surface area (Å²) in [7, 11) is 0. The van der Waals surface area contributed by atoms with E-state index in [1.54, 1.807) is 12.1 Å². The Morgan fingerprint density at radius 1 is 1.30 bits per heavy atom. The fourth-order valence-corrected chi connectivity index (χ4v) is 2.94. The Morgan fingerprint density at radius 2 is 2.05 bits per heavy atom. The summed E-state index contributed by atoms with van der Waals surface area (Å²) >= 11 is 0. The van der Waals surface area contributed by atoms with Crippen molar-refractivity contribution < 1.29 is 9.18 Å². The summed E-state index contributed by atoms with van der Waals surface area (Å²) < 4.78 is 13.1. The van der Waals surface area contributed by atoms with Crippen LogP contribution in [0.1, 0.15) is 37.7 Å². The first-order valence-corrected chi connectivity index (χ1v) is 7.35. The standard InChI is InChI=1S/C16H23FN2O/c17-14-6-4-5-13(9-14)10-15(20)19-12-16(11-18)7-2-1-3-8-16/h4-6,9H,1-3,7-8,10-12,18H2,(H,19,20). The number of hydrogen-bond acceptors (Lipinski definition) is 2. The van der Waals surface area contributed by atoms with Gasteiger partial charge >= 0.3 is 0 Å². The van der Waals surface area contributed by atoms with Gasteiger partial charge in [-0.15, -0.1) is 0 Å². The lowest BCUT2D eigenvalue weighted by Crippen LogP contribution is -2.44. The third kappa shape index (κ3) is 4.04. The van der Waals surface area contributed by atoms with Gasteiger partial charge in [0.05, 0.1) is 6.42 Å². The molecule has 1 aliphatic carbocycles. The molecule has 1 aliphatic rings. The summed E-state index contributed by atoms with van der Waals surface area (Å²) in [6.45, 7) is 1.25. The van der Waals surface area contributed by atoms with E-state index in [4.69, 9.17) is 5.73 Å². The van der Waals surface area contributed by atoms with E-state index in [-0.39, 0.29) is 23.6 Å². The van der Waals surface area contributed by atoms with E-state index in [2.05, 4.69) is 5.32 Å². The molecule has 1 fully saturated rings. The minimum absolute atomic E-state index is 0.0611. The molecule has 1 aromatic rings. The van der Waals surface area contributed by atoms with Crippen LogP contribution < -0.4 is 11.1 Å². The Labute approximate surface area is 119 Å². The van der Waals surface area contributed by atoms with E-state index >= 15 is 0 Å². The third-order valence-electron chi connectivity index (χ3n) is 4.26. The van der Waals surface area contributed by atoms with Crippen molar-refractivity contribution in [3.05, 3.63) is 35.6 Å². The molecule has 1 amide bonds. The predicted molar refractivity (Wildman–Crippen MR) is 77.7 cm³/mol. The fourth-order valence-electron chi connectivity index (χ4n) is 2.94. The smallest absolute Gasteiger partial charge is 0.224 e. The third-order valence-corrected chi connectivity index (χ3v) is 4.26. The molecule has 0 heterocycles. The summed E-state index contributed by atoms with van der Waals surface area (Å²) in [5.41, 5.74) is 6.66. The molecular weight excluding hydrogens is 255 g/mol. The Bertz CT molecular complexity index is 456. The van der Waals surface area contributed by atoms with Gasteiger partial charge in [0, 0.05) is 6.54 Å². The Hall–Kier alpha value is -1.42. The average molecular weight is 278 g/mol. The second-order valence-corrected chi connectivity index (χ2v) is 5.85. The Kier molecular flexibility index (Phi) is 5.12. The molecule has 2 rings (SSSR count). The van der Waals surface area contributed by atoms with E-state index < -0.39 is 0 Å². The molecule has 3 nitrogen and oxygen atoms in total. The fraction of sp³-hybridized carbons (Fsp3) is 0.562. The first-order chi connectivity index (χ1) is 9.63. The lowest BCUT2D eigenvalue weighted by atomic mass is 9.74. The summed E-state index contributed by atoms with van der Waals surface area (Å²) in [5, 5.41) is 2.97. The van der Waals surface area contributed by atoms with Crippen LogP contribution in [0.3, 0.4) is 0 Å². The van der Waals surface area contributed by atoms with Crippen LogP contribution in [0.25, 0.3) is 0 Å². The van der Waals surface area contributed by atoms with E-state index in [1.807, 2.05) is 0 Å². The number of nitrogens with one attached hydrogen (secondary N) is 1. The molecule has 20 heavy (non-hydrogen) atoms. The highest BCUT2D eigenvalue weighted by molar-refractivity contribution is 5.78. The minimum Gasteiger partial charge on any atom is -0.355 e. The van der Waals surface area contributed by atoms with Gasteiger partial charge in [-0.1, -0.05) is 31.4 Å². The molecule has 0 spiro atoms. The average Bonchev–Trinajstić information content (AvgIpc) is 2.46. The lowest BCUT2D eigenvalue weighted by Gasteiger charge is -2.36. The van der Waals surface area contributed by atoms with E-state index in [0.29, 0.717) is 18.7 Å². The van der Waals surface area contributed by atoms with Gasteiger partial charge in [-0.25, -0.2) is 4.39 Å². The number of carbonyl (C=O) groups excluding carboxylic acids is 1. The van der Waals surface area contributed by atoms with Gasteiger partial charge in [0.2, 0.25) is 5.91 Å². The van der Waals surface area contributed by atoms with Gasteiger partial charge in [0.1, 0.15) is 5.82 Å². The summed E-state index contributed by atoms with van der Waals surface area (Å²) in [6.07, 6.45) is 6.04. The number of hydrogen-bond donors (Lipinski definition) is 2. The zero-order valence-electron chi connectivity index (χ0n) is 11.8. The second kappa shape index (κ2) is 6.84. The molecule has 0 radical (unpaired) electrons. The number of benzene rings is 1. The van der Waals surface area contributed by atoms with Crippen molar-refractivity contribution in [3.63, 3.8) is 0 Å². The van der Waals surface area contributed by atoms with Crippen LogP contribution in [0.2, 0.25) is 0 Å². The largest absolute Gasteiger partial charge is 0.355 e. The highest BCUT2D eigenvalue weighted by Gasteiger charge is 2.30.